The molecule has 12 heteroatoms. The van der Waals surface area contributed by atoms with E-state index in [2.05, 4.69) is 18.3 Å². The molecule has 2 amide bonds. The number of hydrogen-bond donors (Lipinski definition) is 2. The number of carbonyl (C=O) groups excluding carboxylic acids is 3. The summed E-state index contributed by atoms with van der Waals surface area (Å²) in [5.74, 6) is -0.408. The Bertz CT molecular complexity index is 1100. The topological polar surface area (TPSA) is 145 Å². The molecule has 0 saturated carbocycles. The molecule has 1 spiro atoms. The molecule has 246 valence electrons. The SMILES string of the molecule is COC(=O)C[C@@H]1C[C@@]2(CO2)[C@H](O)[C@@H](/C=C/C(C)=C/C[C@@H]2O[C@H](C)[C@H](NC(=O)/C=C\[C@H](C)OC(=O)N3CCOCC3)C[C@H]2C)O1. The lowest BCUT2D eigenvalue weighted by Crippen LogP contribution is -2.50. The number of nitrogens with one attached hydrogen (secondary N) is 1. The Balaban J connectivity index is 1.22. The molecule has 12 nitrogen and oxygen atoms in total. The smallest absolute Gasteiger partial charge is 0.410 e. The molecule has 4 aliphatic heterocycles. The van der Waals surface area contributed by atoms with E-state index in [1.807, 2.05) is 26.0 Å². The average Bonchev–Trinajstić information content (AvgIpc) is 3.78. The van der Waals surface area contributed by atoms with E-state index in [0.29, 0.717) is 45.8 Å². The van der Waals surface area contributed by atoms with E-state index in [0.717, 1.165) is 12.0 Å². The maximum Gasteiger partial charge on any atom is 0.410 e. The number of morpholine rings is 1. The molecule has 4 fully saturated rings. The number of carbonyl (C=O) groups is 3. The number of aliphatic hydroxyl groups is 1. The van der Waals surface area contributed by atoms with Gasteiger partial charge in [0.2, 0.25) is 5.91 Å². The maximum atomic E-state index is 12.6. The van der Waals surface area contributed by atoms with Crippen LogP contribution in [0.2, 0.25) is 0 Å². The molecule has 44 heavy (non-hydrogen) atoms. The van der Waals surface area contributed by atoms with Gasteiger partial charge in [0.05, 0.1) is 57.7 Å². The fourth-order valence-corrected chi connectivity index (χ4v) is 5.87. The minimum atomic E-state index is -0.807. The van der Waals surface area contributed by atoms with Crippen LogP contribution in [0.1, 0.15) is 53.4 Å². The Morgan fingerprint density at radius 1 is 1.16 bits per heavy atom. The molecule has 0 aromatic heterocycles. The normalized spacial score (nSPS) is 35.1. The molecule has 4 saturated heterocycles. The lowest BCUT2D eigenvalue weighted by atomic mass is 9.87. The van der Waals surface area contributed by atoms with Crippen molar-refractivity contribution in [2.45, 2.75) is 102 Å². The predicted octanol–water partition coefficient (Wildman–Crippen LogP) is 2.44. The molecule has 0 aromatic carbocycles. The third kappa shape index (κ3) is 9.37. The first-order chi connectivity index (χ1) is 21.0. The quantitative estimate of drug-likeness (QED) is 0.162. The minimum absolute atomic E-state index is 0.0132. The molecule has 4 heterocycles. The van der Waals surface area contributed by atoms with Crippen LogP contribution in [0.25, 0.3) is 0 Å². The Morgan fingerprint density at radius 3 is 2.57 bits per heavy atom. The highest BCUT2D eigenvalue weighted by Gasteiger charge is 2.58. The van der Waals surface area contributed by atoms with E-state index in [4.69, 9.17) is 28.4 Å². The van der Waals surface area contributed by atoms with Crippen LogP contribution in [0.15, 0.2) is 36.0 Å². The summed E-state index contributed by atoms with van der Waals surface area (Å²) >= 11 is 0. The van der Waals surface area contributed by atoms with Gasteiger partial charge < -0.3 is 43.7 Å². The second-order valence-corrected chi connectivity index (χ2v) is 12.3. The first kappa shape index (κ1) is 34.1. The monoisotopic (exact) mass is 620 g/mol. The summed E-state index contributed by atoms with van der Waals surface area (Å²) in [7, 11) is 1.35. The highest BCUT2D eigenvalue weighted by atomic mass is 16.6. The molecule has 4 aliphatic rings. The van der Waals surface area contributed by atoms with Crippen LogP contribution in [0.3, 0.4) is 0 Å². The molecule has 0 aromatic rings. The summed E-state index contributed by atoms with van der Waals surface area (Å²) in [6.45, 7) is 10.2. The zero-order valence-electron chi connectivity index (χ0n) is 26.4. The van der Waals surface area contributed by atoms with Gasteiger partial charge in [0.25, 0.3) is 0 Å². The van der Waals surface area contributed by atoms with E-state index in [1.165, 1.54) is 13.2 Å². The van der Waals surface area contributed by atoms with Gasteiger partial charge >= 0.3 is 12.1 Å². The second-order valence-electron chi connectivity index (χ2n) is 12.3. The van der Waals surface area contributed by atoms with Crippen LogP contribution in [0.4, 0.5) is 4.79 Å². The van der Waals surface area contributed by atoms with Gasteiger partial charge in [0.1, 0.15) is 23.9 Å². The summed E-state index contributed by atoms with van der Waals surface area (Å²) < 4.78 is 33.3. The number of nitrogens with zero attached hydrogens (tertiary/aromatic N) is 1. The Labute approximate surface area is 259 Å². The fraction of sp³-hybridized carbons (Fsp3) is 0.719. The van der Waals surface area contributed by atoms with E-state index in [-0.39, 0.29) is 48.6 Å². The number of aliphatic hydroxyl groups excluding tert-OH is 1. The van der Waals surface area contributed by atoms with Crippen molar-refractivity contribution < 1.29 is 47.9 Å². The van der Waals surface area contributed by atoms with Gasteiger partial charge in [-0.1, -0.05) is 30.7 Å². The van der Waals surface area contributed by atoms with Gasteiger partial charge in [-0.2, -0.15) is 0 Å². The van der Waals surface area contributed by atoms with Crippen LogP contribution < -0.4 is 5.32 Å². The van der Waals surface area contributed by atoms with Crippen LogP contribution in [-0.4, -0.2) is 116 Å². The molecular weight excluding hydrogens is 572 g/mol. The van der Waals surface area contributed by atoms with Gasteiger partial charge in [-0.05, 0) is 45.6 Å². The molecule has 0 radical (unpaired) electrons. The predicted molar refractivity (Wildman–Crippen MR) is 160 cm³/mol. The van der Waals surface area contributed by atoms with Gasteiger partial charge in [0, 0.05) is 25.6 Å². The second kappa shape index (κ2) is 15.5. The van der Waals surface area contributed by atoms with Crippen molar-refractivity contribution >= 4 is 18.0 Å². The molecular formula is C32H48N2O10. The highest BCUT2D eigenvalue weighted by Crippen LogP contribution is 2.43. The van der Waals surface area contributed by atoms with Crippen LogP contribution in [0.5, 0.6) is 0 Å². The number of allylic oxidation sites excluding steroid dienone is 2. The summed E-state index contributed by atoms with van der Waals surface area (Å²) in [5, 5.41) is 13.8. The number of methoxy groups -OCH3 is 1. The third-order valence-electron chi connectivity index (χ3n) is 8.75. The van der Waals surface area contributed by atoms with Crippen molar-refractivity contribution in [3.05, 3.63) is 36.0 Å². The first-order valence-electron chi connectivity index (χ1n) is 15.6. The minimum Gasteiger partial charge on any atom is -0.469 e. The number of epoxide rings is 1. The number of ether oxygens (including phenoxy) is 6. The largest absolute Gasteiger partial charge is 0.469 e. The summed E-state index contributed by atoms with van der Waals surface area (Å²) in [6.07, 6.45) is 7.91. The van der Waals surface area contributed by atoms with Gasteiger partial charge in [0.15, 0.2) is 0 Å². The van der Waals surface area contributed by atoms with Gasteiger partial charge in [-0.25, -0.2) is 4.79 Å². The van der Waals surface area contributed by atoms with Crippen molar-refractivity contribution in [2.75, 3.05) is 40.0 Å². The summed E-state index contributed by atoms with van der Waals surface area (Å²) in [5.41, 5.74) is 0.343. The molecule has 4 rings (SSSR count). The molecule has 0 aliphatic carbocycles. The van der Waals surface area contributed by atoms with E-state index in [1.54, 1.807) is 17.9 Å². The number of rotatable bonds is 10. The van der Waals surface area contributed by atoms with Crippen molar-refractivity contribution in [2.24, 2.45) is 5.92 Å². The average molecular weight is 621 g/mol. The zero-order valence-corrected chi connectivity index (χ0v) is 26.4. The molecule has 2 N–H and O–H groups in total. The number of esters is 1. The Kier molecular flexibility index (Phi) is 12.0. The van der Waals surface area contributed by atoms with Crippen molar-refractivity contribution in [3.8, 4) is 0 Å². The van der Waals surface area contributed by atoms with Crippen molar-refractivity contribution in [3.63, 3.8) is 0 Å². The number of amides is 2. The third-order valence-corrected chi connectivity index (χ3v) is 8.75. The van der Waals surface area contributed by atoms with E-state index in [9.17, 15) is 19.5 Å². The summed E-state index contributed by atoms with van der Waals surface area (Å²) in [4.78, 5) is 38.2. The molecule has 9 atom stereocenters. The Morgan fingerprint density at radius 2 is 1.89 bits per heavy atom. The number of hydrogen-bond acceptors (Lipinski definition) is 10. The lowest BCUT2D eigenvalue weighted by Gasteiger charge is -2.39. The standard InChI is InChI=1S/C32H48N2O10/c1-20(7-10-27-30(37)32(19-41-32)18-24(44-27)17-29(36)39-5)6-9-26-21(2)16-25(23(4)43-26)33-28(35)11-8-22(3)42-31(38)34-12-14-40-15-13-34/h6-8,10-11,21-27,30,37H,9,12-19H2,1-5H3,(H,33,35)/b10-7+,11-8-,20-6+/t21-,22+,23-,24-,25-,26+,27-,30-,32-/m1/s1. The van der Waals surface area contributed by atoms with Crippen LogP contribution in [0, 0.1) is 5.92 Å². The first-order valence-corrected chi connectivity index (χ1v) is 15.6. The molecule has 0 unspecified atom stereocenters. The fourth-order valence-electron chi connectivity index (χ4n) is 5.87. The van der Waals surface area contributed by atoms with Crippen molar-refractivity contribution in [1.29, 1.82) is 0 Å². The van der Waals surface area contributed by atoms with Gasteiger partial charge in [-0.15, -0.1) is 0 Å². The van der Waals surface area contributed by atoms with Crippen LogP contribution >= 0.6 is 0 Å². The highest BCUT2D eigenvalue weighted by molar-refractivity contribution is 5.87. The van der Waals surface area contributed by atoms with Crippen molar-refractivity contribution in [1.82, 2.24) is 10.2 Å². The van der Waals surface area contributed by atoms with Gasteiger partial charge in [-0.3, -0.25) is 9.59 Å². The lowest BCUT2D eigenvalue weighted by molar-refractivity contribution is -0.157. The summed E-state index contributed by atoms with van der Waals surface area (Å²) in [6, 6.07) is -0.144. The Hall–Kier alpha value is -2.77. The zero-order chi connectivity index (χ0) is 31.9. The van der Waals surface area contributed by atoms with E-state index >= 15 is 0 Å². The molecule has 0 bridgehead atoms. The van der Waals surface area contributed by atoms with E-state index < -0.39 is 30.0 Å². The maximum absolute atomic E-state index is 12.6. The van der Waals surface area contributed by atoms with Crippen LogP contribution in [-0.2, 0) is 38.0 Å².